The predicted octanol–water partition coefficient (Wildman–Crippen LogP) is 1.14. The number of rotatable bonds is 5. The van der Waals surface area contributed by atoms with Gasteiger partial charge in [0.25, 0.3) is 0 Å². The van der Waals surface area contributed by atoms with Gasteiger partial charge in [-0.2, -0.15) is 26.3 Å². The van der Waals surface area contributed by atoms with Crippen LogP contribution in [0.5, 0.6) is 0 Å². The zero-order valence-electron chi connectivity index (χ0n) is 10.3. The Kier molecular flexibility index (Phi) is 5.17. The number of aliphatic hydroxyl groups excluding tert-OH is 1. The minimum Gasteiger partial charge on any atom is -0.395 e. The van der Waals surface area contributed by atoms with Crippen LogP contribution in [0.1, 0.15) is 5.82 Å². The number of nitrogen functional groups attached to an aromatic ring is 1. The van der Waals surface area contributed by atoms with E-state index in [9.17, 15) is 26.3 Å². The quantitative estimate of drug-likeness (QED) is 0.429. The second-order valence-corrected chi connectivity index (χ2v) is 3.84. The molecule has 0 spiro atoms. The normalized spacial score (nSPS) is 12.4. The zero-order valence-corrected chi connectivity index (χ0v) is 10.3. The molecule has 12 heteroatoms. The first kappa shape index (κ1) is 17.2. The third-order valence-corrected chi connectivity index (χ3v) is 2.18. The summed E-state index contributed by atoms with van der Waals surface area (Å²) in [6, 6.07) is 0.816. The molecule has 0 saturated heterocycles. The minimum atomic E-state index is -4.95. The smallest absolute Gasteiger partial charge is 0.395 e. The summed E-state index contributed by atoms with van der Waals surface area (Å²) in [6.45, 7) is -2.84. The van der Waals surface area contributed by atoms with Crippen molar-refractivity contribution in [2.24, 2.45) is 5.84 Å². The van der Waals surface area contributed by atoms with Crippen LogP contribution in [0.4, 0.5) is 38.0 Å². The van der Waals surface area contributed by atoms with Gasteiger partial charge >= 0.3 is 12.4 Å². The van der Waals surface area contributed by atoms with E-state index < -0.39 is 49.5 Å². The van der Waals surface area contributed by atoms with E-state index in [1.807, 2.05) is 5.43 Å². The highest BCUT2D eigenvalue weighted by Crippen LogP contribution is 2.30. The Morgan fingerprint density at radius 1 is 1.19 bits per heavy atom. The average molecular weight is 319 g/mol. The summed E-state index contributed by atoms with van der Waals surface area (Å²) in [7, 11) is 0. The molecule has 1 rings (SSSR count). The number of nitrogens with zero attached hydrogens (tertiary/aromatic N) is 3. The average Bonchev–Trinajstić information content (AvgIpc) is 2.35. The summed E-state index contributed by atoms with van der Waals surface area (Å²) in [5.41, 5.74) is 1.82. The maximum atomic E-state index is 12.6. The maximum absolute atomic E-state index is 12.6. The molecule has 6 nitrogen and oxygen atoms in total. The second kappa shape index (κ2) is 6.30. The molecule has 1 heterocycles. The molecule has 0 unspecified atom stereocenters. The van der Waals surface area contributed by atoms with Gasteiger partial charge in [-0.25, -0.2) is 15.8 Å². The molecule has 0 aliphatic heterocycles. The number of anilines is 2. The van der Waals surface area contributed by atoms with Crippen molar-refractivity contribution in [3.63, 3.8) is 0 Å². The summed E-state index contributed by atoms with van der Waals surface area (Å²) in [5, 5.41) is 8.74. The molecule has 0 bridgehead atoms. The molecule has 0 atom stereocenters. The van der Waals surface area contributed by atoms with Gasteiger partial charge in [-0.15, -0.1) is 0 Å². The van der Waals surface area contributed by atoms with E-state index in [0.29, 0.717) is 4.90 Å². The van der Waals surface area contributed by atoms with Crippen LogP contribution in [-0.2, 0) is 6.18 Å². The first-order valence-electron chi connectivity index (χ1n) is 5.42. The molecule has 1 aromatic heterocycles. The lowest BCUT2D eigenvalue weighted by Crippen LogP contribution is -2.37. The lowest BCUT2D eigenvalue weighted by molar-refractivity contribution is -0.144. The highest BCUT2D eigenvalue weighted by molar-refractivity contribution is 5.49. The Hall–Kier alpha value is -1.82. The van der Waals surface area contributed by atoms with Crippen molar-refractivity contribution in [1.82, 2.24) is 9.97 Å². The topological polar surface area (TPSA) is 87.3 Å². The van der Waals surface area contributed by atoms with Crippen molar-refractivity contribution in [3.8, 4) is 0 Å². The molecule has 21 heavy (non-hydrogen) atoms. The van der Waals surface area contributed by atoms with Gasteiger partial charge in [0.05, 0.1) is 6.61 Å². The van der Waals surface area contributed by atoms with Crippen molar-refractivity contribution in [1.29, 1.82) is 0 Å². The summed E-state index contributed by atoms with van der Waals surface area (Å²) < 4.78 is 75.0. The molecule has 0 aliphatic rings. The molecule has 120 valence electrons. The number of halogens is 6. The molecular formula is C9H11F6N5O. The van der Waals surface area contributed by atoms with Crippen LogP contribution >= 0.6 is 0 Å². The van der Waals surface area contributed by atoms with E-state index in [-0.39, 0.29) is 0 Å². The van der Waals surface area contributed by atoms with Crippen LogP contribution in [-0.4, -0.2) is 40.9 Å². The molecule has 0 aliphatic carbocycles. The van der Waals surface area contributed by atoms with Gasteiger partial charge in [0.15, 0.2) is 0 Å². The van der Waals surface area contributed by atoms with E-state index in [1.165, 1.54) is 0 Å². The Bertz CT molecular complexity index is 477. The third-order valence-electron chi connectivity index (χ3n) is 2.18. The monoisotopic (exact) mass is 319 g/mol. The summed E-state index contributed by atoms with van der Waals surface area (Å²) in [4.78, 5) is 6.50. The van der Waals surface area contributed by atoms with Crippen LogP contribution in [0, 0.1) is 0 Å². The fraction of sp³-hybridized carbons (Fsp3) is 0.556. The molecule has 0 saturated carbocycles. The van der Waals surface area contributed by atoms with E-state index in [0.717, 1.165) is 6.07 Å². The van der Waals surface area contributed by atoms with Gasteiger partial charge in [-0.1, -0.05) is 0 Å². The molecule has 0 aromatic carbocycles. The number of aromatic nitrogens is 2. The third kappa shape index (κ3) is 5.23. The van der Waals surface area contributed by atoms with Crippen LogP contribution in [0.25, 0.3) is 0 Å². The van der Waals surface area contributed by atoms with Crippen LogP contribution in [0.2, 0.25) is 0 Å². The van der Waals surface area contributed by atoms with Crippen LogP contribution in [0.3, 0.4) is 0 Å². The molecule has 0 fully saturated rings. The number of alkyl halides is 6. The Morgan fingerprint density at radius 2 is 1.81 bits per heavy atom. The zero-order chi connectivity index (χ0) is 16.3. The molecule has 0 amide bonds. The molecule has 0 radical (unpaired) electrons. The van der Waals surface area contributed by atoms with Crippen molar-refractivity contribution in [2.45, 2.75) is 12.4 Å². The number of hydrazine groups is 1. The molecule has 4 N–H and O–H groups in total. The SMILES string of the molecule is NNc1cc(N(CCO)CC(F)(F)F)nc(C(F)(F)F)n1. The van der Waals surface area contributed by atoms with Gasteiger partial charge in [0, 0.05) is 12.6 Å². The number of hydrogen-bond acceptors (Lipinski definition) is 6. The fourth-order valence-electron chi connectivity index (χ4n) is 1.41. The lowest BCUT2D eigenvalue weighted by atomic mass is 10.4. The predicted molar refractivity (Wildman–Crippen MR) is 60.2 cm³/mol. The van der Waals surface area contributed by atoms with Gasteiger partial charge < -0.3 is 15.4 Å². The maximum Gasteiger partial charge on any atom is 0.451 e. The minimum absolute atomic E-state index is 0.442. The van der Waals surface area contributed by atoms with E-state index >= 15 is 0 Å². The molecular weight excluding hydrogens is 308 g/mol. The van der Waals surface area contributed by atoms with Crippen LogP contribution in [0.15, 0.2) is 6.07 Å². The van der Waals surface area contributed by atoms with Gasteiger partial charge in [0.1, 0.15) is 18.2 Å². The number of hydrogen-bond donors (Lipinski definition) is 3. The second-order valence-electron chi connectivity index (χ2n) is 3.84. The lowest BCUT2D eigenvalue weighted by Gasteiger charge is -2.24. The van der Waals surface area contributed by atoms with Crippen molar-refractivity contribution in [3.05, 3.63) is 11.9 Å². The van der Waals surface area contributed by atoms with Gasteiger partial charge in [-0.05, 0) is 0 Å². The fourth-order valence-corrected chi connectivity index (χ4v) is 1.41. The first-order valence-corrected chi connectivity index (χ1v) is 5.42. The standard InChI is InChI=1S/C9H11F6N5O/c10-8(11,12)4-20(1-2-21)6-3-5(19-16)17-7(18-6)9(13,14)15/h3,21H,1-2,4,16H2,(H,17,18,19). The number of nitrogens with one attached hydrogen (secondary N) is 1. The summed E-state index contributed by atoms with van der Waals surface area (Å²) >= 11 is 0. The first-order chi connectivity index (χ1) is 9.56. The van der Waals surface area contributed by atoms with E-state index in [2.05, 4.69) is 9.97 Å². The summed E-state index contributed by atoms with van der Waals surface area (Å²) in [6.07, 6.45) is -9.64. The van der Waals surface area contributed by atoms with E-state index in [1.54, 1.807) is 0 Å². The number of aliphatic hydroxyl groups is 1. The van der Waals surface area contributed by atoms with Crippen molar-refractivity contribution in [2.75, 3.05) is 30.0 Å². The highest BCUT2D eigenvalue weighted by Gasteiger charge is 2.37. The van der Waals surface area contributed by atoms with Gasteiger partial charge in [0.2, 0.25) is 5.82 Å². The largest absolute Gasteiger partial charge is 0.451 e. The van der Waals surface area contributed by atoms with Crippen LogP contribution < -0.4 is 16.2 Å². The Morgan fingerprint density at radius 3 is 2.24 bits per heavy atom. The Balaban J connectivity index is 3.23. The number of nitrogens with two attached hydrogens (primary N) is 1. The highest BCUT2D eigenvalue weighted by atomic mass is 19.4. The summed E-state index contributed by atoms with van der Waals surface area (Å²) in [5.74, 6) is 2.14. The van der Waals surface area contributed by atoms with Gasteiger partial charge in [-0.3, -0.25) is 0 Å². The van der Waals surface area contributed by atoms with E-state index in [4.69, 9.17) is 10.9 Å². The molecule has 1 aromatic rings. The Labute approximate surface area is 114 Å². The van der Waals surface area contributed by atoms with Crippen molar-refractivity contribution < 1.29 is 31.4 Å². The van der Waals surface area contributed by atoms with Crippen molar-refractivity contribution >= 4 is 11.6 Å².